The maximum atomic E-state index is 5.81. The lowest BCUT2D eigenvalue weighted by atomic mass is 9.95. The highest BCUT2D eigenvalue weighted by molar-refractivity contribution is 5.44. The summed E-state index contributed by atoms with van der Waals surface area (Å²) in [5.74, 6) is 1.05. The summed E-state index contributed by atoms with van der Waals surface area (Å²) in [5.41, 5.74) is 5.27. The van der Waals surface area contributed by atoms with E-state index in [1.807, 2.05) is 0 Å². The molecule has 0 aliphatic carbocycles. The first-order valence-corrected chi connectivity index (χ1v) is 7.77. The molecule has 2 aromatic rings. The first-order chi connectivity index (χ1) is 10.2. The molecule has 0 aromatic heterocycles. The first kappa shape index (κ1) is 14.2. The molecule has 2 nitrogen and oxygen atoms in total. The molecule has 0 bridgehead atoms. The van der Waals surface area contributed by atoms with Gasteiger partial charge in [-0.3, -0.25) is 0 Å². The molecule has 3 rings (SSSR count). The van der Waals surface area contributed by atoms with Gasteiger partial charge in [-0.25, -0.2) is 0 Å². The van der Waals surface area contributed by atoms with Crippen LogP contribution in [0.1, 0.15) is 42.1 Å². The second kappa shape index (κ2) is 5.90. The Bertz CT molecular complexity index is 635. The molecule has 0 fully saturated rings. The first-order valence-electron chi connectivity index (χ1n) is 7.77. The molecule has 0 amide bonds. The summed E-state index contributed by atoms with van der Waals surface area (Å²) in [6.45, 7) is 7.37. The minimum atomic E-state index is 0.246. The molecule has 1 N–H and O–H groups in total. The third-order valence-electron chi connectivity index (χ3n) is 4.04. The van der Waals surface area contributed by atoms with Crippen LogP contribution < -0.4 is 10.1 Å². The fourth-order valence-corrected chi connectivity index (χ4v) is 3.10. The van der Waals surface area contributed by atoms with Crippen LogP contribution in [0.2, 0.25) is 0 Å². The van der Waals surface area contributed by atoms with Gasteiger partial charge in [0, 0.05) is 6.42 Å². The SMILES string of the molecule is CCNC(c1cccc(C)c1)c1ccc2c(c1)CC(C)O2. The van der Waals surface area contributed by atoms with Crippen molar-refractivity contribution in [3.63, 3.8) is 0 Å². The van der Waals surface area contributed by atoms with Crippen LogP contribution >= 0.6 is 0 Å². The summed E-state index contributed by atoms with van der Waals surface area (Å²) in [4.78, 5) is 0. The second-order valence-corrected chi connectivity index (χ2v) is 5.90. The van der Waals surface area contributed by atoms with Crippen molar-refractivity contribution in [1.82, 2.24) is 5.32 Å². The quantitative estimate of drug-likeness (QED) is 0.914. The number of nitrogens with one attached hydrogen (secondary N) is 1. The largest absolute Gasteiger partial charge is 0.490 e. The molecule has 2 atom stereocenters. The predicted molar refractivity (Wildman–Crippen MR) is 86.9 cm³/mol. The van der Waals surface area contributed by atoms with Crippen LogP contribution in [0.15, 0.2) is 42.5 Å². The lowest BCUT2D eigenvalue weighted by Crippen LogP contribution is -2.22. The van der Waals surface area contributed by atoms with Gasteiger partial charge in [0.15, 0.2) is 0 Å². The summed E-state index contributed by atoms with van der Waals surface area (Å²) in [7, 11) is 0. The van der Waals surface area contributed by atoms with Crippen molar-refractivity contribution in [2.45, 2.75) is 39.3 Å². The van der Waals surface area contributed by atoms with Crippen LogP contribution in [0, 0.1) is 6.92 Å². The monoisotopic (exact) mass is 281 g/mol. The molecule has 2 aromatic carbocycles. The van der Waals surface area contributed by atoms with E-state index in [2.05, 4.69) is 68.6 Å². The summed E-state index contributed by atoms with van der Waals surface area (Å²) in [6.07, 6.45) is 1.31. The van der Waals surface area contributed by atoms with E-state index in [4.69, 9.17) is 4.74 Å². The van der Waals surface area contributed by atoms with Gasteiger partial charge in [0.2, 0.25) is 0 Å². The smallest absolute Gasteiger partial charge is 0.123 e. The summed E-state index contributed by atoms with van der Waals surface area (Å²) in [6, 6.07) is 15.6. The molecule has 0 radical (unpaired) electrons. The van der Waals surface area contributed by atoms with Gasteiger partial charge in [0.1, 0.15) is 11.9 Å². The highest BCUT2D eigenvalue weighted by Gasteiger charge is 2.21. The zero-order chi connectivity index (χ0) is 14.8. The Kier molecular flexibility index (Phi) is 3.98. The van der Waals surface area contributed by atoms with Gasteiger partial charge in [-0.05, 0) is 43.1 Å². The van der Waals surface area contributed by atoms with Crippen molar-refractivity contribution in [3.05, 3.63) is 64.7 Å². The van der Waals surface area contributed by atoms with Crippen LogP contribution in [-0.2, 0) is 6.42 Å². The van der Waals surface area contributed by atoms with Crippen molar-refractivity contribution in [3.8, 4) is 5.75 Å². The van der Waals surface area contributed by atoms with E-state index in [9.17, 15) is 0 Å². The van der Waals surface area contributed by atoms with Gasteiger partial charge >= 0.3 is 0 Å². The van der Waals surface area contributed by atoms with Crippen LogP contribution in [0.3, 0.4) is 0 Å². The zero-order valence-electron chi connectivity index (χ0n) is 13.0. The van der Waals surface area contributed by atoms with Crippen molar-refractivity contribution >= 4 is 0 Å². The van der Waals surface area contributed by atoms with Crippen molar-refractivity contribution in [2.75, 3.05) is 6.54 Å². The maximum absolute atomic E-state index is 5.81. The average Bonchev–Trinajstić information content (AvgIpc) is 2.83. The van der Waals surface area contributed by atoms with Crippen LogP contribution in [0.25, 0.3) is 0 Å². The standard InChI is InChI=1S/C19H23NO/c1-4-20-19(15-7-5-6-13(2)10-15)16-8-9-18-17(12-16)11-14(3)21-18/h5-10,12,14,19-20H,4,11H2,1-3H3. The average molecular weight is 281 g/mol. The van der Waals surface area contributed by atoms with Gasteiger partial charge in [0.05, 0.1) is 6.04 Å². The number of rotatable bonds is 4. The minimum Gasteiger partial charge on any atom is -0.490 e. The van der Waals surface area contributed by atoms with Crippen molar-refractivity contribution in [2.24, 2.45) is 0 Å². The Morgan fingerprint density at radius 2 is 2.00 bits per heavy atom. The van der Waals surface area contributed by atoms with E-state index < -0.39 is 0 Å². The summed E-state index contributed by atoms with van der Waals surface area (Å²) < 4.78 is 5.81. The molecule has 2 heteroatoms. The molecule has 110 valence electrons. The molecule has 1 aliphatic rings. The molecule has 0 spiro atoms. The number of ether oxygens (including phenoxy) is 1. The Labute approximate surface area is 127 Å². The fourth-order valence-electron chi connectivity index (χ4n) is 3.10. The molecule has 2 unspecified atom stereocenters. The van der Waals surface area contributed by atoms with E-state index >= 15 is 0 Å². The van der Waals surface area contributed by atoms with Crippen LogP contribution in [-0.4, -0.2) is 12.6 Å². The van der Waals surface area contributed by atoms with Crippen LogP contribution in [0.4, 0.5) is 0 Å². The van der Waals surface area contributed by atoms with Crippen LogP contribution in [0.5, 0.6) is 5.75 Å². The third-order valence-corrected chi connectivity index (χ3v) is 4.04. The Balaban J connectivity index is 1.96. The molecule has 0 saturated heterocycles. The number of hydrogen-bond acceptors (Lipinski definition) is 2. The second-order valence-electron chi connectivity index (χ2n) is 5.90. The summed E-state index contributed by atoms with van der Waals surface area (Å²) >= 11 is 0. The Morgan fingerprint density at radius 3 is 2.76 bits per heavy atom. The van der Waals surface area contributed by atoms with E-state index in [-0.39, 0.29) is 6.04 Å². The number of benzene rings is 2. The highest BCUT2D eigenvalue weighted by atomic mass is 16.5. The number of hydrogen-bond donors (Lipinski definition) is 1. The maximum Gasteiger partial charge on any atom is 0.123 e. The van der Waals surface area contributed by atoms with Gasteiger partial charge in [-0.1, -0.05) is 48.9 Å². The number of aryl methyl sites for hydroxylation is 1. The van der Waals surface area contributed by atoms with Crippen molar-refractivity contribution < 1.29 is 4.74 Å². The predicted octanol–water partition coefficient (Wildman–Crippen LogP) is 4.02. The molecule has 0 saturated carbocycles. The van der Waals surface area contributed by atoms with E-state index in [1.54, 1.807) is 0 Å². The lowest BCUT2D eigenvalue weighted by Gasteiger charge is -2.20. The normalized spacial score (nSPS) is 18.1. The van der Waals surface area contributed by atoms with Gasteiger partial charge in [-0.2, -0.15) is 0 Å². The zero-order valence-corrected chi connectivity index (χ0v) is 13.0. The van der Waals surface area contributed by atoms with Gasteiger partial charge in [0.25, 0.3) is 0 Å². The lowest BCUT2D eigenvalue weighted by molar-refractivity contribution is 0.254. The Morgan fingerprint density at radius 1 is 1.19 bits per heavy atom. The molecule has 1 aliphatic heterocycles. The minimum absolute atomic E-state index is 0.246. The van der Waals surface area contributed by atoms with Gasteiger partial charge in [-0.15, -0.1) is 0 Å². The highest BCUT2D eigenvalue weighted by Crippen LogP contribution is 2.32. The van der Waals surface area contributed by atoms with E-state index in [0.717, 1.165) is 18.7 Å². The molecular formula is C19H23NO. The topological polar surface area (TPSA) is 21.3 Å². The van der Waals surface area contributed by atoms with E-state index in [1.165, 1.54) is 22.3 Å². The van der Waals surface area contributed by atoms with Crippen molar-refractivity contribution in [1.29, 1.82) is 0 Å². The molecular weight excluding hydrogens is 258 g/mol. The summed E-state index contributed by atoms with van der Waals surface area (Å²) in [5, 5.41) is 3.60. The Hall–Kier alpha value is -1.80. The third kappa shape index (κ3) is 2.96. The fraction of sp³-hybridized carbons (Fsp3) is 0.368. The molecule has 1 heterocycles. The number of fused-ring (bicyclic) bond motifs is 1. The molecule has 21 heavy (non-hydrogen) atoms. The van der Waals surface area contributed by atoms with Gasteiger partial charge < -0.3 is 10.1 Å². The van der Waals surface area contributed by atoms with E-state index in [0.29, 0.717) is 6.10 Å².